The molecular weight excluding hydrogens is 877 g/mol. The van der Waals surface area contributed by atoms with Gasteiger partial charge in [0.15, 0.2) is 0 Å². The normalized spacial score (nSPS) is 11.2. The number of alkyl halides is 9. The molecule has 0 spiro atoms. The fraction of sp³-hybridized carbons (Fsp3) is 0.250. The van der Waals surface area contributed by atoms with Crippen molar-refractivity contribution in [2.75, 3.05) is 0 Å². The number of halogens is 9. The van der Waals surface area contributed by atoms with E-state index in [9.17, 15) is 53.9 Å². The van der Waals surface area contributed by atoms with E-state index in [2.05, 4.69) is 34.2 Å². The number of thiophene rings is 3. The largest absolute Gasteiger partial charge is 3.00 e. The number of ketones is 3. The van der Waals surface area contributed by atoms with Crippen LogP contribution in [0.15, 0.2) is 101 Å². The smallest absolute Gasteiger partial charge is 0.290 e. The molecule has 6 aromatic rings. The Morgan fingerprint density at radius 1 is 0.463 bits per heavy atom. The predicted molar refractivity (Wildman–Crippen MR) is 188 cm³/mol. The monoisotopic (exact) mass is 906 g/mol. The molecular formula is C36H29F9N2O3RuS3+3. The van der Waals surface area contributed by atoms with Gasteiger partial charge in [0.25, 0.3) is 0 Å². The van der Waals surface area contributed by atoms with E-state index < -0.39 is 55.1 Å². The Hall–Kier alpha value is -3.86. The van der Waals surface area contributed by atoms with E-state index >= 15 is 0 Å². The fourth-order valence-corrected chi connectivity index (χ4v) is 6.31. The Morgan fingerprint density at radius 2 is 0.759 bits per heavy atom. The molecule has 0 saturated heterocycles. The quantitative estimate of drug-likeness (QED) is 0.0821. The van der Waals surface area contributed by atoms with Gasteiger partial charge in [0.05, 0.1) is 11.0 Å². The van der Waals surface area contributed by atoms with Crippen LogP contribution in [0.25, 0.3) is 21.8 Å². The third-order valence-corrected chi connectivity index (χ3v) is 9.64. The van der Waals surface area contributed by atoms with Gasteiger partial charge in [-0.25, -0.2) is 0 Å². The predicted octanol–water partition coefficient (Wildman–Crippen LogP) is 11.2. The third kappa shape index (κ3) is 16.3. The van der Waals surface area contributed by atoms with Crippen LogP contribution < -0.4 is 0 Å². The van der Waals surface area contributed by atoms with Crippen molar-refractivity contribution in [1.82, 2.24) is 9.97 Å². The first-order chi connectivity index (χ1) is 24.9. The van der Waals surface area contributed by atoms with Gasteiger partial charge in [-0.05, 0) is 65.7 Å². The summed E-state index contributed by atoms with van der Waals surface area (Å²) in [7, 11) is 0. The first-order valence-corrected chi connectivity index (χ1v) is 18.0. The SMILES string of the molecule is O=C(CCc1cccs1)C(F)(F)F.O=C(CCc1cccs1)C(F)(F)F.O=C(CCc1cccs1)C(F)(F)F.[Ru+3].c1cnc2c(c1)ccc1cccnc12. The van der Waals surface area contributed by atoms with E-state index in [0.717, 1.165) is 36.4 Å². The molecule has 0 N–H and O–H groups in total. The van der Waals surface area contributed by atoms with Crippen molar-refractivity contribution < 1.29 is 73.4 Å². The Balaban J connectivity index is 0.000000248. The molecule has 0 atom stereocenters. The van der Waals surface area contributed by atoms with Gasteiger partial charge in [0, 0.05) is 57.1 Å². The van der Waals surface area contributed by atoms with Crippen molar-refractivity contribution in [3.63, 3.8) is 0 Å². The maximum atomic E-state index is 11.7. The van der Waals surface area contributed by atoms with Crippen LogP contribution in [-0.4, -0.2) is 45.8 Å². The van der Waals surface area contributed by atoms with Gasteiger partial charge in [-0.15, -0.1) is 34.0 Å². The molecule has 1 radical (unpaired) electrons. The van der Waals surface area contributed by atoms with E-state index in [4.69, 9.17) is 0 Å². The van der Waals surface area contributed by atoms with Crippen molar-refractivity contribution in [1.29, 1.82) is 0 Å². The van der Waals surface area contributed by atoms with Crippen LogP contribution >= 0.6 is 34.0 Å². The minimum absolute atomic E-state index is 0. The topological polar surface area (TPSA) is 77.0 Å². The molecule has 5 heterocycles. The van der Waals surface area contributed by atoms with Gasteiger partial charge < -0.3 is 0 Å². The molecule has 54 heavy (non-hydrogen) atoms. The van der Waals surface area contributed by atoms with Crippen molar-refractivity contribution in [3.8, 4) is 0 Å². The minimum atomic E-state index is -4.68. The molecule has 0 unspecified atom stereocenters. The molecule has 5 aromatic heterocycles. The second kappa shape index (κ2) is 21.9. The molecule has 287 valence electrons. The Morgan fingerprint density at radius 3 is 1.00 bits per heavy atom. The van der Waals surface area contributed by atoms with Crippen LogP contribution in [0, 0.1) is 0 Å². The summed E-state index contributed by atoms with van der Waals surface area (Å²) >= 11 is 4.07. The van der Waals surface area contributed by atoms with E-state index in [0.29, 0.717) is 0 Å². The molecule has 0 aliphatic heterocycles. The summed E-state index contributed by atoms with van der Waals surface area (Å²) < 4.78 is 106. The first kappa shape index (κ1) is 46.3. The Kier molecular flexibility index (Phi) is 18.8. The number of hydrogen-bond donors (Lipinski definition) is 0. The van der Waals surface area contributed by atoms with Gasteiger partial charge >= 0.3 is 38.0 Å². The molecule has 0 amide bonds. The van der Waals surface area contributed by atoms with Crippen molar-refractivity contribution in [3.05, 3.63) is 116 Å². The molecule has 0 bridgehead atoms. The number of carbonyl (C=O) groups excluding carboxylic acids is 3. The van der Waals surface area contributed by atoms with Crippen LogP contribution in [-0.2, 0) is 53.1 Å². The number of nitrogens with zero attached hydrogens (tertiary/aromatic N) is 2. The summed E-state index contributed by atoms with van der Waals surface area (Å²) in [6.45, 7) is 0. The summed E-state index contributed by atoms with van der Waals surface area (Å²) in [4.78, 5) is 42.4. The number of hydrogen-bond acceptors (Lipinski definition) is 8. The molecule has 6 rings (SSSR count). The van der Waals surface area contributed by atoms with Crippen LogP contribution in [0.3, 0.4) is 0 Å². The van der Waals surface area contributed by atoms with Crippen LogP contribution in [0.1, 0.15) is 33.9 Å². The zero-order valence-electron chi connectivity index (χ0n) is 27.7. The average molecular weight is 906 g/mol. The maximum Gasteiger partial charge on any atom is 3.00 e. The molecule has 18 heteroatoms. The summed E-state index contributed by atoms with van der Waals surface area (Å²) in [6.07, 6.45) is -11.3. The standard InChI is InChI=1S/C12H8N2.3C8H7F3OS.Ru/c1-3-9-5-6-10-4-2-8-14-12(10)11(9)13-7-1;3*9-8(10,11)7(12)4-3-6-2-1-5-13-6;/h1-8H;3*1-2,5H,3-4H2;/q;;;;+3. The summed E-state index contributed by atoms with van der Waals surface area (Å²) in [5, 5.41) is 7.59. The van der Waals surface area contributed by atoms with E-state index in [-0.39, 0.29) is 38.7 Å². The number of aryl methyl sites for hydroxylation is 3. The van der Waals surface area contributed by atoms with Gasteiger partial charge in [0.1, 0.15) is 0 Å². The molecule has 0 aliphatic carbocycles. The summed E-state index contributed by atoms with van der Waals surface area (Å²) in [5.74, 6) is -4.96. The average Bonchev–Trinajstić information content (AvgIpc) is 3.93. The van der Waals surface area contributed by atoms with Crippen LogP contribution in [0.5, 0.6) is 0 Å². The number of Topliss-reactive ketones (excluding diaryl/α,β-unsaturated/α-hetero) is 3. The van der Waals surface area contributed by atoms with Crippen molar-refractivity contribution >= 4 is 73.2 Å². The first-order valence-electron chi connectivity index (χ1n) is 15.4. The van der Waals surface area contributed by atoms with E-state index in [1.165, 1.54) is 34.0 Å². The number of aromatic nitrogens is 2. The van der Waals surface area contributed by atoms with Gasteiger partial charge in [-0.1, -0.05) is 42.5 Å². The third-order valence-electron chi connectivity index (χ3n) is 6.83. The van der Waals surface area contributed by atoms with Crippen LogP contribution in [0.2, 0.25) is 0 Å². The van der Waals surface area contributed by atoms with Crippen molar-refractivity contribution in [2.24, 2.45) is 0 Å². The van der Waals surface area contributed by atoms with Gasteiger partial charge in [-0.2, -0.15) is 39.5 Å². The molecule has 0 saturated carbocycles. The Labute approximate surface area is 328 Å². The van der Waals surface area contributed by atoms with Crippen molar-refractivity contribution in [2.45, 2.75) is 57.1 Å². The van der Waals surface area contributed by atoms with E-state index in [1.54, 1.807) is 64.9 Å². The second-order valence-corrected chi connectivity index (χ2v) is 13.8. The summed E-state index contributed by atoms with van der Waals surface area (Å²) in [5.41, 5.74) is 1.95. The number of pyridine rings is 2. The van der Waals surface area contributed by atoms with Gasteiger partial charge in [0.2, 0.25) is 17.3 Å². The molecule has 1 aromatic carbocycles. The number of benzene rings is 1. The Bertz CT molecular complexity index is 1820. The van der Waals surface area contributed by atoms with Gasteiger partial charge in [-0.3, -0.25) is 24.4 Å². The molecule has 5 nitrogen and oxygen atoms in total. The van der Waals surface area contributed by atoms with E-state index in [1.807, 2.05) is 12.1 Å². The number of fused-ring (bicyclic) bond motifs is 3. The van der Waals surface area contributed by atoms with Crippen LogP contribution in [0.4, 0.5) is 39.5 Å². The molecule has 0 fully saturated rings. The molecule has 0 aliphatic rings. The number of rotatable bonds is 9. The summed E-state index contributed by atoms with van der Waals surface area (Å²) in [6, 6.07) is 22.5. The fourth-order valence-electron chi connectivity index (χ4n) is 4.18. The number of carbonyl (C=O) groups is 3. The zero-order chi connectivity index (χ0) is 39.1. The zero-order valence-corrected chi connectivity index (χ0v) is 31.8. The second-order valence-electron chi connectivity index (χ2n) is 10.7. The maximum absolute atomic E-state index is 11.7. The minimum Gasteiger partial charge on any atom is -0.290 e.